The first kappa shape index (κ1) is 60.2. The Hall–Kier alpha value is -3.76. The number of benzene rings is 6. The second-order valence-electron chi connectivity index (χ2n) is 40.0. The molecule has 0 unspecified atom stereocenters. The SMILES string of the molecule is CC1(C)CCC(C)(C)c2cc3c(cc21)C1c2cc4c(cc2[C]3([Pb][C]23c5cc6c(cc5C(c5cc7c(cc52)C(C)(C)CCC7(C)C)c2cc5c(cc23)C(C)(C)CCC5(C)C)C(C)(C)CCC6(C)C)c2cc3c(cc21)C(C)(C)CCC3(C)C)C(C)(C)CCC4(C)C. The van der Waals surface area contributed by atoms with Crippen LogP contribution in [0.25, 0.3) is 0 Å². The maximum absolute atomic E-state index is 3.00. The quantitative estimate of drug-likeness (QED) is 0.152. The summed E-state index contributed by atoms with van der Waals surface area (Å²) >= 11 is -2.62. The zero-order valence-corrected chi connectivity index (χ0v) is 64.0. The van der Waals surface area contributed by atoms with E-state index in [-0.39, 0.29) is 82.8 Å². The van der Waals surface area contributed by atoms with Crippen LogP contribution in [0.3, 0.4) is 0 Å². The molecule has 0 atom stereocenters. The first-order valence-electron chi connectivity index (χ1n) is 35.9. The van der Waals surface area contributed by atoms with Crippen LogP contribution in [-0.4, -0.2) is 24.2 Å². The molecule has 0 aromatic heterocycles. The minimum absolute atomic E-state index is 0.0558. The molecule has 6 aromatic rings. The van der Waals surface area contributed by atoms with Gasteiger partial charge in [0.2, 0.25) is 0 Å². The molecule has 0 amide bonds. The average Bonchev–Trinajstić information content (AvgIpc) is 0.651. The van der Waals surface area contributed by atoms with Crippen molar-refractivity contribution >= 4 is 24.2 Å². The molecule has 12 aliphatic rings. The van der Waals surface area contributed by atoms with Crippen LogP contribution in [0.1, 0.15) is 389 Å². The fourth-order valence-corrected chi connectivity index (χ4v) is 32.1. The summed E-state index contributed by atoms with van der Waals surface area (Å²) in [6.45, 7) is 62.8. The van der Waals surface area contributed by atoms with E-state index in [1.165, 1.54) is 77.0 Å². The summed E-state index contributed by atoms with van der Waals surface area (Å²) in [5, 5.41) is 0. The van der Waals surface area contributed by atoms with Gasteiger partial charge in [-0.25, -0.2) is 0 Å². The molecule has 0 heterocycles. The second-order valence-corrected chi connectivity index (χ2v) is 46.8. The predicted molar refractivity (Wildman–Crippen MR) is 378 cm³/mol. The van der Waals surface area contributed by atoms with E-state index in [1.54, 1.807) is 134 Å². The van der Waals surface area contributed by atoms with Gasteiger partial charge in [-0.3, -0.25) is 0 Å². The monoisotopic (exact) mass is 1370 g/mol. The molecule has 0 saturated heterocycles. The van der Waals surface area contributed by atoms with Crippen LogP contribution in [0.15, 0.2) is 72.8 Å². The van der Waals surface area contributed by atoms with Gasteiger partial charge in [0.05, 0.1) is 0 Å². The second kappa shape index (κ2) is 17.4. The Kier molecular flexibility index (Phi) is 11.8. The van der Waals surface area contributed by atoms with E-state index in [2.05, 4.69) is 239 Å². The molecule has 12 aliphatic carbocycles. The van der Waals surface area contributed by atoms with Crippen LogP contribution >= 0.6 is 0 Å². The summed E-state index contributed by atoms with van der Waals surface area (Å²) in [5.74, 6) is 0.353. The molecule has 0 N–H and O–H groups in total. The first-order valence-corrected chi connectivity index (χ1v) is 39.8. The molecule has 0 saturated carbocycles. The molecule has 6 aromatic carbocycles. The van der Waals surface area contributed by atoms with Crippen molar-refractivity contribution in [3.05, 3.63) is 206 Å². The summed E-state index contributed by atoms with van der Waals surface area (Å²) in [6.07, 6.45) is 14.7. The minimum atomic E-state index is -2.62. The van der Waals surface area contributed by atoms with E-state index in [0.29, 0.717) is 0 Å². The Morgan fingerprint density at radius 1 is 0.180 bits per heavy atom. The Morgan fingerprint density at radius 3 is 0.416 bits per heavy atom. The number of rotatable bonds is 2. The number of fused-ring (bicyclic) bond motifs is 6. The summed E-state index contributed by atoms with van der Waals surface area (Å²) in [5.41, 5.74) is 40.8. The summed E-state index contributed by atoms with van der Waals surface area (Å²) in [4.78, 5) is 0. The van der Waals surface area contributed by atoms with Gasteiger partial charge in [-0.15, -0.1) is 0 Å². The van der Waals surface area contributed by atoms with E-state index in [9.17, 15) is 0 Å². The predicted octanol–water partition coefficient (Wildman–Crippen LogP) is 22.4. The Labute approximate surface area is 552 Å². The van der Waals surface area contributed by atoms with E-state index in [0.717, 1.165) is 0 Å². The van der Waals surface area contributed by atoms with Crippen molar-refractivity contribution in [2.75, 3.05) is 0 Å². The molecule has 0 aliphatic heterocycles. The van der Waals surface area contributed by atoms with Gasteiger partial charge >= 0.3 is 557 Å². The van der Waals surface area contributed by atoms with Gasteiger partial charge in [-0.1, -0.05) is 0 Å². The molecule has 18 rings (SSSR count). The van der Waals surface area contributed by atoms with Crippen molar-refractivity contribution in [3.63, 3.8) is 0 Å². The molecule has 0 fully saturated rings. The molecule has 466 valence electrons. The van der Waals surface area contributed by atoms with E-state index in [4.69, 9.17) is 0 Å². The van der Waals surface area contributed by atoms with Crippen molar-refractivity contribution in [2.24, 2.45) is 0 Å². The summed E-state index contributed by atoms with van der Waals surface area (Å²) in [7, 11) is 0. The molecule has 2 radical (unpaired) electrons. The van der Waals surface area contributed by atoms with Crippen LogP contribution in [0.2, 0.25) is 0 Å². The third-order valence-corrected chi connectivity index (χ3v) is 38.0. The molecule has 0 nitrogen and oxygen atoms in total. The Balaban J connectivity index is 1.16. The zero-order chi connectivity index (χ0) is 63.7. The average molecular weight is 1380 g/mol. The fourth-order valence-electron chi connectivity index (χ4n) is 21.7. The third kappa shape index (κ3) is 7.69. The zero-order valence-electron chi connectivity index (χ0n) is 60.1. The Morgan fingerprint density at radius 2 is 0.292 bits per heavy atom. The van der Waals surface area contributed by atoms with Crippen molar-refractivity contribution in [3.8, 4) is 0 Å². The van der Waals surface area contributed by atoms with Crippen LogP contribution < -0.4 is 0 Å². The van der Waals surface area contributed by atoms with Gasteiger partial charge in [0.1, 0.15) is 0 Å². The van der Waals surface area contributed by atoms with Gasteiger partial charge in [0.25, 0.3) is 0 Å². The molecule has 89 heavy (non-hydrogen) atoms. The van der Waals surface area contributed by atoms with Crippen molar-refractivity contribution < 1.29 is 0 Å². The summed E-state index contributed by atoms with van der Waals surface area (Å²) in [6, 6.07) is 35.6. The van der Waals surface area contributed by atoms with Crippen LogP contribution in [-0.2, 0) is 70.9 Å². The van der Waals surface area contributed by atoms with E-state index >= 15 is 0 Å². The van der Waals surface area contributed by atoms with Gasteiger partial charge in [-0.2, -0.15) is 0 Å². The van der Waals surface area contributed by atoms with Gasteiger partial charge in [0.15, 0.2) is 0 Å². The third-order valence-electron chi connectivity index (χ3n) is 28.8. The van der Waals surface area contributed by atoms with Crippen LogP contribution in [0, 0.1) is 0 Å². The van der Waals surface area contributed by atoms with E-state index in [1.807, 2.05) is 0 Å². The molecule has 4 bridgehead atoms. The summed E-state index contributed by atoms with van der Waals surface area (Å²) < 4.78 is -0.673. The van der Waals surface area contributed by atoms with Crippen molar-refractivity contribution in [1.82, 2.24) is 0 Å². The first-order chi connectivity index (χ1) is 40.9. The normalized spacial score (nSPS) is 29.8. The maximum atomic E-state index is 3.00. The van der Waals surface area contributed by atoms with Gasteiger partial charge in [-0.05, 0) is 0 Å². The van der Waals surface area contributed by atoms with Gasteiger partial charge in [0, 0.05) is 0 Å². The standard InChI is InChI=1S/2C44H55.Pb/c2*1-39(2)13-14-40(3,4)32-20-26-25(19-31(32)39)37-27-21-33-35(43(9,10)17-15-41(33,5)6)23-29(27)38(26)30-24-36-34(22-28(30)37)42(7,8)16-18-44(36,11)12;/h2*19-24,37H,13-18H2,1-12H3;. The van der Waals surface area contributed by atoms with Crippen LogP contribution in [0.4, 0.5) is 0 Å². The molecular weight excluding hydrogens is 1260 g/mol. The van der Waals surface area contributed by atoms with Crippen molar-refractivity contribution in [1.29, 1.82) is 0 Å². The molecule has 0 spiro atoms. The number of hydrogen-bond acceptors (Lipinski definition) is 0. The van der Waals surface area contributed by atoms with Crippen LogP contribution in [0.5, 0.6) is 0 Å². The molecular formula is C88H110Pb. The van der Waals surface area contributed by atoms with E-state index < -0.39 is 24.2 Å². The molecule has 1 heteroatoms. The topological polar surface area (TPSA) is 0 Å². The van der Waals surface area contributed by atoms with Crippen molar-refractivity contribution in [2.45, 2.75) is 326 Å². The number of hydrogen-bond donors (Lipinski definition) is 0. The Bertz CT molecular complexity index is 3500. The van der Waals surface area contributed by atoms with Gasteiger partial charge < -0.3 is 0 Å². The fraction of sp³-hybridized carbons (Fsp3) is 0.591.